The van der Waals surface area contributed by atoms with Gasteiger partial charge in [-0.25, -0.2) is 13.2 Å². The maximum Gasteiger partial charge on any atom is 0.162 e. The van der Waals surface area contributed by atoms with E-state index in [0.29, 0.717) is 0 Å². The van der Waals surface area contributed by atoms with Gasteiger partial charge in [-0.05, 0) is 24.6 Å². The predicted molar refractivity (Wildman–Crippen MR) is 48.6 cm³/mol. The Labute approximate surface area is 80.7 Å². The van der Waals surface area contributed by atoms with Gasteiger partial charge in [0.05, 0.1) is 0 Å². The second kappa shape index (κ2) is 5.00. The van der Waals surface area contributed by atoms with E-state index in [0.717, 1.165) is 6.07 Å². The molecule has 0 bridgehead atoms. The van der Waals surface area contributed by atoms with Gasteiger partial charge in [-0.2, -0.15) is 0 Å². The lowest BCUT2D eigenvalue weighted by atomic mass is 10.1. The minimum Gasteiger partial charge on any atom is -0.330 e. The number of hydrogen-bond donors (Lipinski definition) is 1. The molecule has 1 atom stereocenters. The zero-order chi connectivity index (χ0) is 10.6. The third-order valence-corrected chi connectivity index (χ3v) is 1.95. The monoisotopic (exact) mass is 203 g/mol. The molecule has 0 fully saturated rings. The normalized spacial score (nSPS) is 12.9. The van der Waals surface area contributed by atoms with Gasteiger partial charge in [0.15, 0.2) is 11.6 Å². The minimum absolute atomic E-state index is 0.0611. The average Bonchev–Trinajstić information content (AvgIpc) is 2.13. The molecule has 1 unspecified atom stereocenters. The molecule has 0 amide bonds. The maximum atomic E-state index is 13.0. The molecule has 0 aromatic heterocycles. The first kappa shape index (κ1) is 11.0. The van der Waals surface area contributed by atoms with Gasteiger partial charge in [-0.15, -0.1) is 0 Å². The number of halogens is 3. The first-order valence-corrected chi connectivity index (χ1v) is 4.42. The van der Waals surface area contributed by atoms with Crippen LogP contribution >= 0.6 is 0 Å². The van der Waals surface area contributed by atoms with Crippen molar-refractivity contribution in [3.8, 4) is 0 Å². The summed E-state index contributed by atoms with van der Waals surface area (Å²) < 4.78 is 38.8. The van der Waals surface area contributed by atoms with E-state index in [-0.39, 0.29) is 24.9 Å². The van der Waals surface area contributed by atoms with E-state index in [4.69, 9.17) is 5.73 Å². The van der Waals surface area contributed by atoms with E-state index in [2.05, 4.69) is 0 Å². The molecule has 1 nitrogen and oxygen atoms in total. The van der Waals surface area contributed by atoms with E-state index in [1.54, 1.807) is 0 Å². The third kappa shape index (κ3) is 2.73. The van der Waals surface area contributed by atoms with Crippen LogP contribution in [0.25, 0.3) is 0 Å². The topological polar surface area (TPSA) is 26.0 Å². The van der Waals surface area contributed by atoms with Crippen molar-refractivity contribution in [2.45, 2.75) is 19.0 Å². The smallest absolute Gasteiger partial charge is 0.162 e. The molecule has 0 aliphatic rings. The number of hydrogen-bond acceptors (Lipinski definition) is 1. The highest BCUT2D eigenvalue weighted by Gasteiger charge is 2.12. The van der Waals surface area contributed by atoms with Crippen LogP contribution in [0.2, 0.25) is 0 Å². The summed E-state index contributed by atoms with van der Waals surface area (Å²) in [5.41, 5.74) is 5.20. The summed E-state index contributed by atoms with van der Waals surface area (Å²) in [7, 11) is 0. The Morgan fingerprint density at radius 2 is 2.00 bits per heavy atom. The van der Waals surface area contributed by atoms with Crippen molar-refractivity contribution in [1.29, 1.82) is 0 Å². The Bertz CT molecular complexity index is 301. The molecule has 0 heterocycles. The lowest BCUT2D eigenvalue weighted by Gasteiger charge is -2.07. The van der Waals surface area contributed by atoms with Crippen molar-refractivity contribution in [2.24, 2.45) is 5.73 Å². The van der Waals surface area contributed by atoms with Crippen LogP contribution in [0.15, 0.2) is 18.2 Å². The van der Waals surface area contributed by atoms with Gasteiger partial charge in [0.2, 0.25) is 0 Å². The van der Waals surface area contributed by atoms with Crippen LogP contribution < -0.4 is 5.73 Å². The Hall–Kier alpha value is -1.03. The van der Waals surface area contributed by atoms with Gasteiger partial charge in [-0.3, -0.25) is 0 Å². The zero-order valence-corrected chi connectivity index (χ0v) is 7.64. The van der Waals surface area contributed by atoms with E-state index in [1.165, 1.54) is 12.1 Å². The van der Waals surface area contributed by atoms with E-state index in [1.807, 2.05) is 0 Å². The quantitative estimate of drug-likeness (QED) is 0.797. The summed E-state index contributed by atoms with van der Waals surface area (Å²) in [5.74, 6) is -1.91. The number of rotatable bonds is 4. The zero-order valence-electron chi connectivity index (χ0n) is 7.64. The van der Waals surface area contributed by atoms with Crippen molar-refractivity contribution < 1.29 is 13.2 Å². The highest BCUT2D eigenvalue weighted by molar-refractivity contribution is 5.19. The number of alkyl halides is 1. The highest BCUT2D eigenvalue weighted by Crippen LogP contribution is 2.15. The number of benzene rings is 1. The van der Waals surface area contributed by atoms with Gasteiger partial charge < -0.3 is 5.73 Å². The minimum atomic E-state index is -1.21. The molecule has 4 heteroatoms. The second-order valence-corrected chi connectivity index (χ2v) is 3.09. The van der Waals surface area contributed by atoms with Crippen LogP contribution in [0.3, 0.4) is 0 Å². The lowest BCUT2D eigenvalue weighted by molar-refractivity contribution is 0.312. The molecule has 0 saturated heterocycles. The summed E-state index contributed by atoms with van der Waals surface area (Å²) in [6.07, 6.45) is -1.17. The molecule has 0 radical (unpaired) electrons. The van der Waals surface area contributed by atoms with Crippen molar-refractivity contribution >= 4 is 0 Å². The second-order valence-electron chi connectivity index (χ2n) is 3.09. The molecular formula is C10H12F3N. The van der Waals surface area contributed by atoms with Gasteiger partial charge in [0.1, 0.15) is 6.17 Å². The number of nitrogens with two attached hydrogens (primary N) is 1. The van der Waals surface area contributed by atoms with Gasteiger partial charge in [0.25, 0.3) is 0 Å². The lowest BCUT2D eigenvalue weighted by Crippen LogP contribution is -2.12. The molecular weight excluding hydrogens is 191 g/mol. The maximum absolute atomic E-state index is 13.0. The van der Waals surface area contributed by atoms with Crippen LogP contribution in [0, 0.1) is 11.6 Å². The average molecular weight is 203 g/mol. The molecule has 1 aromatic rings. The largest absolute Gasteiger partial charge is 0.330 e. The van der Waals surface area contributed by atoms with Crippen LogP contribution in [0.4, 0.5) is 13.2 Å². The molecule has 14 heavy (non-hydrogen) atoms. The van der Waals surface area contributed by atoms with Gasteiger partial charge >= 0.3 is 0 Å². The van der Waals surface area contributed by atoms with Crippen LogP contribution in [-0.2, 0) is 6.42 Å². The van der Waals surface area contributed by atoms with Crippen molar-refractivity contribution in [3.63, 3.8) is 0 Å². The van der Waals surface area contributed by atoms with E-state index < -0.39 is 17.8 Å². The summed E-state index contributed by atoms with van der Waals surface area (Å²) in [4.78, 5) is 0. The first-order chi connectivity index (χ1) is 6.65. The van der Waals surface area contributed by atoms with Crippen LogP contribution in [0.5, 0.6) is 0 Å². The predicted octanol–water partition coefficient (Wildman–Crippen LogP) is 2.19. The van der Waals surface area contributed by atoms with Gasteiger partial charge in [-0.1, -0.05) is 12.1 Å². The van der Waals surface area contributed by atoms with Crippen molar-refractivity contribution in [3.05, 3.63) is 35.4 Å². The summed E-state index contributed by atoms with van der Waals surface area (Å²) in [6, 6.07) is 3.75. The molecule has 1 aromatic carbocycles. The van der Waals surface area contributed by atoms with Crippen LogP contribution in [-0.4, -0.2) is 12.7 Å². The van der Waals surface area contributed by atoms with Gasteiger partial charge in [0, 0.05) is 6.42 Å². The fourth-order valence-corrected chi connectivity index (χ4v) is 1.23. The summed E-state index contributed by atoms with van der Waals surface area (Å²) >= 11 is 0. The standard InChI is InChI=1S/C10H12F3N/c11-8(4-5-14)6-7-2-1-3-9(12)10(7)13/h1-3,8H,4-6,14H2. The van der Waals surface area contributed by atoms with Crippen molar-refractivity contribution in [2.75, 3.05) is 6.54 Å². The van der Waals surface area contributed by atoms with Crippen LogP contribution in [0.1, 0.15) is 12.0 Å². The summed E-state index contributed by atoms with van der Waals surface area (Å²) in [5, 5.41) is 0. The fourth-order valence-electron chi connectivity index (χ4n) is 1.23. The van der Waals surface area contributed by atoms with E-state index in [9.17, 15) is 13.2 Å². The van der Waals surface area contributed by atoms with Crippen molar-refractivity contribution in [1.82, 2.24) is 0 Å². The molecule has 0 spiro atoms. The first-order valence-electron chi connectivity index (χ1n) is 4.42. The van der Waals surface area contributed by atoms with E-state index >= 15 is 0 Å². The molecule has 1 rings (SSSR count). The molecule has 0 aliphatic heterocycles. The SMILES string of the molecule is NCCC(F)Cc1cccc(F)c1F. The molecule has 0 aliphatic carbocycles. The Balaban J connectivity index is 2.71. The Morgan fingerprint density at radius 3 is 2.64 bits per heavy atom. The highest BCUT2D eigenvalue weighted by atomic mass is 19.2. The molecule has 2 N–H and O–H groups in total. The summed E-state index contributed by atoms with van der Waals surface area (Å²) in [6.45, 7) is 0.206. The molecule has 78 valence electrons. The Morgan fingerprint density at radius 1 is 1.29 bits per heavy atom. The Kier molecular flexibility index (Phi) is 3.95. The molecule has 0 saturated carbocycles. The fraction of sp³-hybridized carbons (Fsp3) is 0.400. The third-order valence-electron chi connectivity index (χ3n) is 1.95.